The zero-order valence-corrected chi connectivity index (χ0v) is 11.7. The number of fused-ring (bicyclic) bond motifs is 1. The summed E-state index contributed by atoms with van der Waals surface area (Å²) in [6, 6.07) is 0. The lowest BCUT2D eigenvalue weighted by atomic mass is 10.3. The van der Waals surface area contributed by atoms with E-state index in [-0.39, 0.29) is 5.91 Å². The fourth-order valence-electron chi connectivity index (χ4n) is 1.72. The second kappa shape index (κ2) is 5.29. The third-order valence-corrected chi connectivity index (χ3v) is 3.57. The van der Waals surface area contributed by atoms with E-state index >= 15 is 0 Å². The van der Waals surface area contributed by atoms with Gasteiger partial charge in [-0.25, -0.2) is 9.50 Å². The molecule has 9 heteroatoms. The Balaban J connectivity index is 1.85. The molecule has 0 saturated heterocycles. The Labute approximate surface area is 122 Å². The molecule has 0 fully saturated rings. The van der Waals surface area contributed by atoms with Crippen LogP contribution in [0, 0.1) is 0 Å². The van der Waals surface area contributed by atoms with Crippen LogP contribution < -0.4 is 5.32 Å². The van der Waals surface area contributed by atoms with Crippen molar-refractivity contribution in [2.75, 3.05) is 5.32 Å². The van der Waals surface area contributed by atoms with Crippen molar-refractivity contribution in [2.24, 2.45) is 5.16 Å². The predicted molar refractivity (Wildman–Crippen MR) is 77.1 cm³/mol. The zero-order valence-electron chi connectivity index (χ0n) is 10.9. The fourth-order valence-corrected chi connectivity index (χ4v) is 2.47. The van der Waals surface area contributed by atoms with Crippen molar-refractivity contribution in [2.45, 2.75) is 6.92 Å². The minimum Gasteiger partial charge on any atom is -0.411 e. The van der Waals surface area contributed by atoms with Crippen LogP contribution >= 0.6 is 11.3 Å². The minimum atomic E-state index is -0.322. The fraction of sp³-hybridized carbons (Fsp3) is 0.0833. The summed E-state index contributed by atoms with van der Waals surface area (Å²) in [5.74, 6) is -0.322. The first-order chi connectivity index (χ1) is 10.2. The zero-order chi connectivity index (χ0) is 14.8. The number of thiazole rings is 1. The van der Waals surface area contributed by atoms with Crippen LogP contribution in [0.4, 0.5) is 5.13 Å². The number of carbonyl (C=O) groups excluding carboxylic acids is 1. The molecule has 0 saturated carbocycles. The summed E-state index contributed by atoms with van der Waals surface area (Å²) in [4.78, 5) is 20.4. The van der Waals surface area contributed by atoms with Crippen LogP contribution in [-0.2, 0) is 0 Å². The SMILES string of the molecule is C/C(=N/O)c1csc(NC(=O)c2cnn3ccncc23)n1. The summed E-state index contributed by atoms with van der Waals surface area (Å²) in [6.45, 7) is 1.62. The van der Waals surface area contributed by atoms with Gasteiger partial charge >= 0.3 is 0 Å². The number of anilines is 1. The van der Waals surface area contributed by atoms with Crippen LogP contribution in [0.5, 0.6) is 0 Å². The molecule has 106 valence electrons. The molecule has 0 atom stereocenters. The Bertz CT molecular complexity index is 837. The molecule has 3 rings (SSSR count). The number of nitrogens with zero attached hydrogens (tertiary/aromatic N) is 5. The summed E-state index contributed by atoms with van der Waals surface area (Å²) in [7, 11) is 0. The average molecular weight is 302 g/mol. The normalized spacial score (nSPS) is 11.8. The maximum Gasteiger partial charge on any atom is 0.261 e. The Morgan fingerprint density at radius 3 is 3.14 bits per heavy atom. The molecule has 0 aromatic carbocycles. The van der Waals surface area contributed by atoms with E-state index in [1.807, 2.05) is 0 Å². The van der Waals surface area contributed by atoms with E-state index in [0.29, 0.717) is 27.6 Å². The molecule has 1 amide bonds. The highest BCUT2D eigenvalue weighted by molar-refractivity contribution is 7.14. The van der Waals surface area contributed by atoms with Crippen LogP contribution in [0.25, 0.3) is 5.52 Å². The largest absolute Gasteiger partial charge is 0.411 e. The first-order valence-corrected chi connectivity index (χ1v) is 6.80. The van der Waals surface area contributed by atoms with Crippen LogP contribution in [-0.4, -0.2) is 36.4 Å². The molecule has 0 bridgehead atoms. The molecule has 0 aliphatic rings. The van der Waals surface area contributed by atoms with Crippen molar-refractivity contribution >= 4 is 33.6 Å². The van der Waals surface area contributed by atoms with E-state index in [9.17, 15) is 4.79 Å². The lowest BCUT2D eigenvalue weighted by Crippen LogP contribution is -2.11. The van der Waals surface area contributed by atoms with E-state index in [4.69, 9.17) is 5.21 Å². The number of amides is 1. The van der Waals surface area contributed by atoms with Gasteiger partial charge in [-0.15, -0.1) is 11.3 Å². The van der Waals surface area contributed by atoms with Gasteiger partial charge in [-0.2, -0.15) is 5.10 Å². The molecular formula is C12H10N6O2S. The standard InChI is InChI=1S/C12H10N6O2S/c1-7(17-20)9-6-21-12(15-9)16-11(19)8-4-14-18-3-2-13-5-10(8)18/h2-6,20H,1H3,(H,15,16,19)/b17-7-. The Morgan fingerprint density at radius 2 is 2.33 bits per heavy atom. The molecule has 0 aliphatic carbocycles. The Kier molecular flexibility index (Phi) is 3.32. The lowest BCUT2D eigenvalue weighted by Gasteiger charge is -1.99. The molecule has 0 spiro atoms. The van der Waals surface area contributed by atoms with Crippen molar-refractivity contribution in [3.63, 3.8) is 0 Å². The van der Waals surface area contributed by atoms with Crippen LogP contribution in [0.1, 0.15) is 23.0 Å². The summed E-state index contributed by atoms with van der Waals surface area (Å²) in [6.07, 6.45) is 6.29. The van der Waals surface area contributed by atoms with E-state index in [1.54, 1.807) is 35.4 Å². The number of oxime groups is 1. The first-order valence-electron chi connectivity index (χ1n) is 5.92. The number of aromatic nitrogens is 4. The van der Waals surface area contributed by atoms with Gasteiger partial charge in [0.15, 0.2) is 5.13 Å². The second-order valence-corrected chi connectivity index (χ2v) is 5.00. The number of carbonyl (C=O) groups is 1. The van der Waals surface area contributed by atoms with Crippen molar-refractivity contribution in [3.8, 4) is 0 Å². The Morgan fingerprint density at radius 1 is 1.48 bits per heavy atom. The summed E-state index contributed by atoms with van der Waals surface area (Å²) >= 11 is 1.25. The van der Waals surface area contributed by atoms with Gasteiger partial charge in [0.1, 0.15) is 11.4 Å². The predicted octanol–water partition coefficient (Wildman–Crippen LogP) is 1.64. The van der Waals surface area contributed by atoms with E-state index in [2.05, 4.69) is 25.5 Å². The maximum absolute atomic E-state index is 12.2. The van der Waals surface area contributed by atoms with E-state index in [0.717, 1.165) is 0 Å². The van der Waals surface area contributed by atoms with Crippen LogP contribution in [0.2, 0.25) is 0 Å². The monoisotopic (exact) mass is 302 g/mol. The molecule has 21 heavy (non-hydrogen) atoms. The second-order valence-electron chi connectivity index (χ2n) is 4.14. The van der Waals surface area contributed by atoms with Crippen LogP contribution in [0.3, 0.4) is 0 Å². The molecule has 8 nitrogen and oxygen atoms in total. The van der Waals surface area contributed by atoms with E-state index < -0.39 is 0 Å². The summed E-state index contributed by atoms with van der Waals surface area (Å²) in [5.41, 5.74) is 1.92. The smallest absolute Gasteiger partial charge is 0.261 e. The third-order valence-electron chi connectivity index (χ3n) is 2.81. The summed E-state index contributed by atoms with van der Waals surface area (Å²) < 4.78 is 1.57. The minimum absolute atomic E-state index is 0.322. The van der Waals surface area contributed by atoms with Crippen LogP contribution in [0.15, 0.2) is 35.3 Å². The third kappa shape index (κ3) is 2.46. The number of hydrogen-bond acceptors (Lipinski definition) is 7. The van der Waals surface area contributed by atoms with Gasteiger partial charge in [0.25, 0.3) is 5.91 Å². The number of hydrogen-bond donors (Lipinski definition) is 2. The van der Waals surface area contributed by atoms with Crippen molar-refractivity contribution < 1.29 is 10.0 Å². The first kappa shape index (κ1) is 13.2. The molecule has 0 unspecified atom stereocenters. The topological polar surface area (TPSA) is 105 Å². The van der Waals surface area contributed by atoms with Gasteiger partial charge in [0.2, 0.25) is 0 Å². The summed E-state index contributed by atoms with van der Waals surface area (Å²) in [5, 5.41) is 20.6. The molecular weight excluding hydrogens is 292 g/mol. The average Bonchev–Trinajstić information content (AvgIpc) is 3.12. The van der Waals surface area contributed by atoms with Gasteiger partial charge in [-0.05, 0) is 6.92 Å². The van der Waals surface area contributed by atoms with Gasteiger partial charge in [0.05, 0.1) is 23.5 Å². The molecule has 3 aromatic rings. The Hall–Kier alpha value is -2.81. The number of rotatable bonds is 3. The van der Waals surface area contributed by atoms with Gasteiger partial charge in [-0.3, -0.25) is 15.1 Å². The number of nitrogens with one attached hydrogen (secondary N) is 1. The quantitative estimate of drug-likeness (QED) is 0.435. The van der Waals surface area contributed by atoms with Gasteiger partial charge in [0, 0.05) is 17.8 Å². The molecule has 0 aliphatic heterocycles. The van der Waals surface area contributed by atoms with Gasteiger partial charge in [-0.1, -0.05) is 5.16 Å². The van der Waals surface area contributed by atoms with Crippen molar-refractivity contribution in [1.82, 2.24) is 19.6 Å². The highest BCUT2D eigenvalue weighted by atomic mass is 32.1. The molecule has 0 radical (unpaired) electrons. The molecule has 3 aromatic heterocycles. The van der Waals surface area contributed by atoms with E-state index in [1.165, 1.54) is 17.5 Å². The molecule has 3 heterocycles. The van der Waals surface area contributed by atoms with Crippen molar-refractivity contribution in [3.05, 3.63) is 41.4 Å². The highest BCUT2D eigenvalue weighted by Crippen LogP contribution is 2.18. The molecule has 2 N–H and O–H groups in total. The lowest BCUT2D eigenvalue weighted by molar-refractivity contribution is 0.102. The maximum atomic E-state index is 12.2. The highest BCUT2D eigenvalue weighted by Gasteiger charge is 2.15. The van der Waals surface area contributed by atoms with Gasteiger partial charge < -0.3 is 5.21 Å². The van der Waals surface area contributed by atoms with Crippen molar-refractivity contribution in [1.29, 1.82) is 0 Å².